The van der Waals surface area contributed by atoms with Crippen LogP contribution in [0.3, 0.4) is 0 Å². The zero-order chi connectivity index (χ0) is 52.2. The molecule has 0 heterocycles. The second-order valence-corrected chi connectivity index (χ2v) is 20.2. The van der Waals surface area contributed by atoms with Crippen LogP contribution in [0.4, 0.5) is 0 Å². The van der Waals surface area contributed by atoms with Crippen LogP contribution in [0, 0.1) is 0 Å². The van der Waals surface area contributed by atoms with Gasteiger partial charge in [-0.2, -0.15) is 0 Å². The van der Waals surface area contributed by atoms with Gasteiger partial charge in [-0.15, -0.1) is 0 Å². The predicted molar refractivity (Wildman–Crippen MR) is 311 cm³/mol. The van der Waals surface area contributed by atoms with Crippen molar-refractivity contribution in [3.05, 3.63) is 85.1 Å². The van der Waals surface area contributed by atoms with Gasteiger partial charge in [-0.25, -0.2) is 0 Å². The number of unbranched alkanes of at least 4 members (excludes halogenated alkanes) is 30. The molecule has 0 saturated heterocycles. The van der Waals surface area contributed by atoms with Gasteiger partial charge in [-0.1, -0.05) is 247 Å². The van der Waals surface area contributed by atoms with E-state index in [1.165, 1.54) is 135 Å². The first kappa shape index (κ1) is 68.6. The summed E-state index contributed by atoms with van der Waals surface area (Å²) in [6.07, 6.45) is 78.6. The second kappa shape index (κ2) is 60.1. The highest BCUT2D eigenvalue weighted by Gasteiger charge is 2.19. The molecule has 6 nitrogen and oxygen atoms in total. The average molecular weight is 1000 g/mol. The molecule has 0 rings (SSSR count). The maximum atomic E-state index is 12.9. The van der Waals surface area contributed by atoms with Crippen LogP contribution < -0.4 is 0 Å². The van der Waals surface area contributed by atoms with Gasteiger partial charge in [0, 0.05) is 19.3 Å². The minimum absolute atomic E-state index is 0.0881. The molecule has 0 N–H and O–H groups in total. The van der Waals surface area contributed by atoms with E-state index in [4.69, 9.17) is 14.2 Å². The van der Waals surface area contributed by atoms with Gasteiger partial charge < -0.3 is 14.2 Å². The highest BCUT2D eigenvalue weighted by Crippen LogP contribution is 2.15. The number of esters is 3. The molecule has 0 aliphatic heterocycles. The van der Waals surface area contributed by atoms with E-state index in [-0.39, 0.29) is 31.1 Å². The van der Waals surface area contributed by atoms with Crippen molar-refractivity contribution in [1.29, 1.82) is 0 Å². The summed E-state index contributed by atoms with van der Waals surface area (Å²) in [7, 11) is 0. The molecule has 0 aromatic heterocycles. The summed E-state index contributed by atoms with van der Waals surface area (Å²) in [5.41, 5.74) is 0. The molecule has 0 aromatic rings. The number of ether oxygens (including phenoxy) is 3. The SMILES string of the molecule is CCC/C=C\C/C=C\CCCCCCCC(=O)OCC(COC(=O)CCCCCCCCCC/C=C\C/C=C\C/C=C\CCCCCCC)OC(=O)CCCCCCCCC/C=C\C/C=C\CCCCCC. The second-order valence-electron chi connectivity index (χ2n) is 20.2. The minimum Gasteiger partial charge on any atom is -0.462 e. The van der Waals surface area contributed by atoms with E-state index in [1.54, 1.807) is 0 Å². The molecular formula is C66H114O6. The molecule has 0 saturated carbocycles. The molecule has 0 bridgehead atoms. The molecule has 0 fully saturated rings. The summed E-state index contributed by atoms with van der Waals surface area (Å²) in [6, 6.07) is 0. The van der Waals surface area contributed by atoms with Crippen LogP contribution in [0.2, 0.25) is 0 Å². The Morgan fingerprint density at radius 1 is 0.278 bits per heavy atom. The zero-order valence-electron chi connectivity index (χ0n) is 47.4. The van der Waals surface area contributed by atoms with Crippen molar-refractivity contribution in [3.8, 4) is 0 Å². The summed E-state index contributed by atoms with van der Waals surface area (Å²) in [4.78, 5) is 38.2. The fourth-order valence-electron chi connectivity index (χ4n) is 8.46. The van der Waals surface area contributed by atoms with Crippen molar-refractivity contribution >= 4 is 17.9 Å². The lowest BCUT2D eigenvalue weighted by Gasteiger charge is -2.18. The van der Waals surface area contributed by atoms with Gasteiger partial charge >= 0.3 is 17.9 Å². The van der Waals surface area contributed by atoms with Crippen molar-refractivity contribution in [1.82, 2.24) is 0 Å². The van der Waals surface area contributed by atoms with Crippen molar-refractivity contribution in [2.24, 2.45) is 0 Å². The van der Waals surface area contributed by atoms with E-state index < -0.39 is 6.10 Å². The van der Waals surface area contributed by atoms with Gasteiger partial charge in [0.15, 0.2) is 6.10 Å². The molecule has 0 aliphatic rings. The van der Waals surface area contributed by atoms with Crippen LogP contribution in [0.25, 0.3) is 0 Å². The van der Waals surface area contributed by atoms with Gasteiger partial charge in [0.1, 0.15) is 13.2 Å². The first-order chi connectivity index (χ1) is 35.5. The van der Waals surface area contributed by atoms with Gasteiger partial charge in [0.2, 0.25) is 0 Å². The quantitative estimate of drug-likeness (QED) is 0.0261. The average Bonchev–Trinajstić information content (AvgIpc) is 3.38. The van der Waals surface area contributed by atoms with E-state index in [0.29, 0.717) is 19.3 Å². The first-order valence-electron chi connectivity index (χ1n) is 30.6. The van der Waals surface area contributed by atoms with Crippen LogP contribution in [-0.2, 0) is 28.6 Å². The van der Waals surface area contributed by atoms with Crippen LogP contribution in [0.5, 0.6) is 0 Å². The zero-order valence-corrected chi connectivity index (χ0v) is 47.4. The molecule has 72 heavy (non-hydrogen) atoms. The molecular weight excluding hydrogens is 889 g/mol. The van der Waals surface area contributed by atoms with Crippen molar-refractivity contribution < 1.29 is 28.6 Å². The fraction of sp³-hybridized carbons (Fsp3) is 0.742. The molecule has 0 aliphatic carbocycles. The van der Waals surface area contributed by atoms with Crippen LogP contribution in [0.1, 0.15) is 297 Å². The lowest BCUT2D eigenvalue weighted by Crippen LogP contribution is -2.30. The van der Waals surface area contributed by atoms with E-state index in [2.05, 4.69) is 106 Å². The lowest BCUT2D eigenvalue weighted by molar-refractivity contribution is -0.167. The molecule has 0 radical (unpaired) electrons. The van der Waals surface area contributed by atoms with Crippen LogP contribution in [0.15, 0.2) is 85.1 Å². The summed E-state index contributed by atoms with van der Waals surface area (Å²) in [5.74, 6) is -0.909. The molecule has 1 atom stereocenters. The van der Waals surface area contributed by atoms with E-state index >= 15 is 0 Å². The Morgan fingerprint density at radius 3 is 0.847 bits per heavy atom. The smallest absolute Gasteiger partial charge is 0.306 e. The molecule has 6 heteroatoms. The Hall–Kier alpha value is -3.41. The molecule has 0 amide bonds. The third-order valence-electron chi connectivity index (χ3n) is 13.1. The number of carbonyl (C=O) groups excluding carboxylic acids is 3. The molecule has 414 valence electrons. The van der Waals surface area contributed by atoms with Crippen LogP contribution >= 0.6 is 0 Å². The number of carbonyl (C=O) groups is 3. The Bertz CT molecular complexity index is 1380. The molecule has 0 spiro atoms. The number of allylic oxidation sites excluding steroid dienone is 14. The highest BCUT2D eigenvalue weighted by molar-refractivity contribution is 5.71. The minimum atomic E-state index is -0.791. The summed E-state index contributed by atoms with van der Waals surface area (Å²) < 4.78 is 16.9. The molecule has 1 unspecified atom stereocenters. The first-order valence-corrected chi connectivity index (χ1v) is 30.6. The number of hydrogen-bond acceptors (Lipinski definition) is 6. The van der Waals surface area contributed by atoms with E-state index in [9.17, 15) is 14.4 Å². The summed E-state index contributed by atoms with van der Waals surface area (Å²) in [6.45, 7) is 6.54. The van der Waals surface area contributed by atoms with Crippen LogP contribution in [-0.4, -0.2) is 37.2 Å². The Kier molecular flexibility index (Phi) is 57.3. The van der Waals surface area contributed by atoms with E-state index in [1.807, 2.05) is 0 Å². The Labute approximate surface area is 445 Å². The molecule has 0 aromatic carbocycles. The monoisotopic (exact) mass is 1000 g/mol. The van der Waals surface area contributed by atoms with Gasteiger partial charge in [0.25, 0.3) is 0 Å². The normalized spacial score (nSPS) is 12.7. The third-order valence-corrected chi connectivity index (χ3v) is 13.1. The van der Waals surface area contributed by atoms with Crippen molar-refractivity contribution in [2.45, 2.75) is 303 Å². The Balaban J connectivity index is 4.37. The third kappa shape index (κ3) is 57.5. The summed E-state index contributed by atoms with van der Waals surface area (Å²) >= 11 is 0. The van der Waals surface area contributed by atoms with Crippen molar-refractivity contribution in [2.75, 3.05) is 13.2 Å². The maximum absolute atomic E-state index is 12.9. The predicted octanol–water partition coefficient (Wildman–Crippen LogP) is 20.7. The van der Waals surface area contributed by atoms with Gasteiger partial charge in [-0.05, 0) is 116 Å². The number of rotatable bonds is 55. The largest absolute Gasteiger partial charge is 0.462 e. The van der Waals surface area contributed by atoms with Gasteiger partial charge in [0.05, 0.1) is 0 Å². The topological polar surface area (TPSA) is 78.9 Å². The van der Waals surface area contributed by atoms with Gasteiger partial charge in [-0.3, -0.25) is 14.4 Å². The maximum Gasteiger partial charge on any atom is 0.306 e. The standard InChI is InChI=1S/C66H114O6/c1-4-7-10-13-16-19-22-25-27-29-31-32-33-34-35-37-38-41-44-47-50-53-56-59-65(68)71-62-63(61-70-64(67)58-55-52-49-46-43-40-24-21-18-15-12-9-6-3)72-66(69)60-57-54-51-48-45-42-39-36-30-28-26-23-20-17-14-11-8-5-2/h12,15,20-25,28-31,33-34,63H,4-11,13-14,16-19,26-27,32,35-62H2,1-3H3/b15-12-,23-20-,24-21-,25-22-,30-28-,31-29-,34-33-. The highest BCUT2D eigenvalue weighted by atomic mass is 16.6. The fourth-order valence-corrected chi connectivity index (χ4v) is 8.46. The summed E-state index contributed by atoms with van der Waals surface area (Å²) in [5, 5.41) is 0. The van der Waals surface area contributed by atoms with E-state index in [0.717, 1.165) is 122 Å². The Morgan fingerprint density at radius 2 is 0.528 bits per heavy atom. The number of hydrogen-bond donors (Lipinski definition) is 0. The lowest BCUT2D eigenvalue weighted by atomic mass is 10.1. The van der Waals surface area contributed by atoms with Crippen molar-refractivity contribution in [3.63, 3.8) is 0 Å².